The highest BCUT2D eigenvalue weighted by Crippen LogP contribution is 2.14. The maximum atomic E-state index is 9.12. The Bertz CT molecular complexity index is 523. The van der Waals surface area contributed by atoms with Gasteiger partial charge in [0.25, 0.3) is 0 Å². The van der Waals surface area contributed by atoms with Crippen molar-refractivity contribution >= 4 is 5.78 Å². The van der Waals surface area contributed by atoms with Crippen LogP contribution in [0.3, 0.4) is 0 Å². The van der Waals surface area contributed by atoms with E-state index < -0.39 is 0 Å². The topological polar surface area (TPSA) is 62.5 Å². The first-order valence-electron chi connectivity index (χ1n) is 7.29. The Morgan fingerprint density at radius 1 is 1.35 bits per heavy atom. The predicted octanol–water partition coefficient (Wildman–Crippen LogP) is 1.86. The summed E-state index contributed by atoms with van der Waals surface area (Å²) in [6, 6.07) is 1.91. The molecule has 5 heteroatoms. The lowest BCUT2D eigenvalue weighted by atomic mass is 9.94. The third-order valence-corrected chi connectivity index (χ3v) is 3.45. The summed E-state index contributed by atoms with van der Waals surface area (Å²) in [7, 11) is 0. The zero-order chi connectivity index (χ0) is 14.4. The summed E-state index contributed by atoms with van der Waals surface area (Å²) >= 11 is 0. The molecule has 2 aromatic rings. The van der Waals surface area contributed by atoms with Crippen LogP contribution in [0.5, 0.6) is 0 Å². The number of rotatable bonds is 8. The molecule has 0 fully saturated rings. The van der Waals surface area contributed by atoms with Crippen molar-refractivity contribution in [1.29, 1.82) is 0 Å². The Morgan fingerprint density at radius 2 is 2.20 bits per heavy atom. The molecule has 1 atom stereocenters. The van der Waals surface area contributed by atoms with Crippen LogP contribution in [0, 0.1) is 11.8 Å². The van der Waals surface area contributed by atoms with Gasteiger partial charge in [-0.25, -0.2) is 9.97 Å². The van der Waals surface area contributed by atoms with E-state index in [-0.39, 0.29) is 6.61 Å². The zero-order valence-electron chi connectivity index (χ0n) is 12.3. The summed E-state index contributed by atoms with van der Waals surface area (Å²) in [6.07, 6.45) is 7.59. The molecule has 2 N–H and O–H groups in total. The lowest BCUT2D eigenvalue weighted by molar-refractivity contribution is 0.239. The zero-order valence-corrected chi connectivity index (χ0v) is 12.3. The highest BCUT2D eigenvalue weighted by molar-refractivity contribution is 5.30. The van der Waals surface area contributed by atoms with Gasteiger partial charge in [-0.1, -0.05) is 13.8 Å². The highest BCUT2D eigenvalue weighted by atomic mass is 16.3. The minimum absolute atomic E-state index is 0.262. The maximum absolute atomic E-state index is 9.12. The number of imidazole rings is 1. The van der Waals surface area contributed by atoms with Crippen molar-refractivity contribution in [2.75, 3.05) is 13.2 Å². The van der Waals surface area contributed by atoms with Gasteiger partial charge in [-0.2, -0.15) is 0 Å². The molecule has 1 unspecified atom stereocenters. The number of aromatic nitrogens is 3. The van der Waals surface area contributed by atoms with E-state index in [0.717, 1.165) is 37.4 Å². The number of aliphatic hydroxyl groups is 1. The summed E-state index contributed by atoms with van der Waals surface area (Å²) in [5, 5.41) is 12.6. The van der Waals surface area contributed by atoms with Gasteiger partial charge in [0, 0.05) is 25.5 Å². The molecule has 0 aromatic carbocycles. The van der Waals surface area contributed by atoms with Crippen LogP contribution in [-0.2, 0) is 6.54 Å². The van der Waals surface area contributed by atoms with Gasteiger partial charge in [-0.15, -0.1) is 0 Å². The van der Waals surface area contributed by atoms with Crippen molar-refractivity contribution < 1.29 is 5.11 Å². The summed E-state index contributed by atoms with van der Waals surface area (Å²) in [5.74, 6) is 1.92. The molecule has 0 aliphatic heterocycles. The largest absolute Gasteiger partial charge is 0.396 e. The first-order chi connectivity index (χ1) is 9.70. The number of nitrogens with one attached hydrogen (secondary N) is 1. The Balaban J connectivity index is 1.88. The fourth-order valence-corrected chi connectivity index (χ4v) is 2.56. The Labute approximate surface area is 120 Å². The molecular formula is C15H24N4O. The number of aliphatic hydroxyl groups excluding tert-OH is 1. The van der Waals surface area contributed by atoms with Gasteiger partial charge in [0.15, 0.2) is 0 Å². The SMILES string of the molecule is CC(C)CC(CCO)CNCc1cnc2ncccn12. The molecule has 0 saturated carbocycles. The first-order valence-corrected chi connectivity index (χ1v) is 7.29. The minimum Gasteiger partial charge on any atom is -0.396 e. The van der Waals surface area contributed by atoms with Crippen LogP contribution < -0.4 is 5.32 Å². The van der Waals surface area contributed by atoms with E-state index in [2.05, 4.69) is 29.1 Å². The lowest BCUT2D eigenvalue weighted by Gasteiger charge is -2.18. The van der Waals surface area contributed by atoms with Crippen LogP contribution in [0.4, 0.5) is 0 Å². The molecule has 0 saturated heterocycles. The smallest absolute Gasteiger partial charge is 0.233 e. The molecule has 0 spiro atoms. The molecule has 2 heterocycles. The quantitative estimate of drug-likeness (QED) is 0.772. The predicted molar refractivity (Wildman–Crippen MR) is 79.3 cm³/mol. The molecule has 2 aromatic heterocycles. The molecule has 0 aliphatic rings. The van der Waals surface area contributed by atoms with Crippen LogP contribution in [-0.4, -0.2) is 32.6 Å². The van der Waals surface area contributed by atoms with Gasteiger partial charge in [0.05, 0.1) is 11.9 Å². The molecular weight excluding hydrogens is 252 g/mol. The second kappa shape index (κ2) is 7.36. The van der Waals surface area contributed by atoms with E-state index in [9.17, 15) is 0 Å². The standard InChI is InChI=1S/C15H24N4O/c1-12(2)8-13(4-7-20)9-16-10-14-11-18-15-17-5-3-6-19(14)15/h3,5-6,11-13,16,20H,4,7-10H2,1-2H3. The van der Waals surface area contributed by atoms with E-state index in [1.165, 1.54) is 0 Å². The number of hydrogen-bond acceptors (Lipinski definition) is 4. The fraction of sp³-hybridized carbons (Fsp3) is 0.600. The number of fused-ring (bicyclic) bond motifs is 1. The molecule has 0 amide bonds. The number of nitrogens with zero attached hydrogens (tertiary/aromatic N) is 3. The molecule has 5 nitrogen and oxygen atoms in total. The normalized spacial score (nSPS) is 13.2. The Hall–Kier alpha value is -1.46. The van der Waals surface area contributed by atoms with E-state index in [1.807, 2.05) is 22.9 Å². The summed E-state index contributed by atoms with van der Waals surface area (Å²) in [4.78, 5) is 8.48. The van der Waals surface area contributed by atoms with E-state index in [0.29, 0.717) is 11.8 Å². The van der Waals surface area contributed by atoms with E-state index in [1.54, 1.807) is 6.20 Å². The molecule has 20 heavy (non-hydrogen) atoms. The average Bonchev–Trinajstić information content (AvgIpc) is 2.82. The minimum atomic E-state index is 0.262. The van der Waals surface area contributed by atoms with Gasteiger partial charge in [0.1, 0.15) is 0 Å². The monoisotopic (exact) mass is 276 g/mol. The van der Waals surface area contributed by atoms with Gasteiger partial charge < -0.3 is 10.4 Å². The lowest BCUT2D eigenvalue weighted by Crippen LogP contribution is -2.25. The van der Waals surface area contributed by atoms with Crippen LogP contribution in [0.1, 0.15) is 32.4 Å². The van der Waals surface area contributed by atoms with Crippen LogP contribution >= 0.6 is 0 Å². The van der Waals surface area contributed by atoms with Crippen molar-refractivity contribution in [3.05, 3.63) is 30.4 Å². The van der Waals surface area contributed by atoms with Crippen molar-refractivity contribution in [1.82, 2.24) is 19.7 Å². The third-order valence-electron chi connectivity index (χ3n) is 3.45. The van der Waals surface area contributed by atoms with Crippen LogP contribution in [0.15, 0.2) is 24.7 Å². The average molecular weight is 276 g/mol. The second-order valence-corrected chi connectivity index (χ2v) is 5.68. The third kappa shape index (κ3) is 4.02. The van der Waals surface area contributed by atoms with Crippen molar-refractivity contribution in [2.45, 2.75) is 33.2 Å². The molecule has 0 aliphatic carbocycles. The summed E-state index contributed by atoms with van der Waals surface area (Å²) in [6.45, 7) is 6.40. The summed E-state index contributed by atoms with van der Waals surface area (Å²) < 4.78 is 2.00. The van der Waals surface area contributed by atoms with Crippen LogP contribution in [0.25, 0.3) is 5.78 Å². The van der Waals surface area contributed by atoms with Crippen molar-refractivity contribution in [3.63, 3.8) is 0 Å². The van der Waals surface area contributed by atoms with Crippen molar-refractivity contribution in [3.8, 4) is 0 Å². The van der Waals surface area contributed by atoms with Gasteiger partial charge in [-0.05, 0) is 37.3 Å². The van der Waals surface area contributed by atoms with Crippen LogP contribution in [0.2, 0.25) is 0 Å². The molecule has 110 valence electrons. The first kappa shape index (κ1) is 14.9. The van der Waals surface area contributed by atoms with Gasteiger partial charge in [-0.3, -0.25) is 4.40 Å². The van der Waals surface area contributed by atoms with Crippen molar-refractivity contribution in [2.24, 2.45) is 11.8 Å². The maximum Gasteiger partial charge on any atom is 0.233 e. The fourth-order valence-electron chi connectivity index (χ4n) is 2.56. The van der Waals surface area contributed by atoms with E-state index >= 15 is 0 Å². The highest BCUT2D eigenvalue weighted by Gasteiger charge is 2.11. The molecule has 0 radical (unpaired) electrons. The second-order valence-electron chi connectivity index (χ2n) is 5.68. The summed E-state index contributed by atoms with van der Waals surface area (Å²) in [5.41, 5.74) is 1.11. The number of hydrogen-bond donors (Lipinski definition) is 2. The van der Waals surface area contributed by atoms with Gasteiger partial charge in [0.2, 0.25) is 5.78 Å². The molecule has 0 bridgehead atoms. The van der Waals surface area contributed by atoms with Gasteiger partial charge >= 0.3 is 0 Å². The Kier molecular flexibility index (Phi) is 5.49. The molecule has 2 rings (SSSR count). The Morgan fingerprint density at radius 3 is 2.95 bits per heavy atom. The van der Waals surface area contributed by atoms with E-state index in [4.69, 9.17) is 5.11 Å².